The van der Waals surface area contributed by atoms with E-state index in [-0.39, 0.29) is 5.91 Å². The molecule has 1 aromatic carbocycles. The molecule has 2 aliphatic rings. The van der Waals surface area contributed by atoms with Crippen LogP contribution in [0.15, 0.2) is 30.3 Å². The van der Waals surface area contributed by atoms with E-state index in [9.17, 15) is 18.0 Å². The van der Waals surface area contributed by atoms with E-state index in [0.29, 0.717) is 5.01 Å². The number of aryl methyl sites for hydroxylation is 1. The second-order valence-corrected chi connectivity index (χ2v) is 8.76. The average Bonchev–Trinajstić information content (AvgIpc) is 3.20. The van der Waals surface area contributed by atoms with Gasteiger partial charge in [0.05, 0.1) is 0 Å². The van der Waals surface area contributed by atoms with E-state index < -0.39 is 12.1 Å². The molecule has 1 amide bonds. The Morgan fingerprint density at radius 3 is 2.31 bits per heavy atom. The van der Waals surface area contributed by atoms with Gasteiger partial charge in [0.15, 0.2) is 5.01 Å². The first-order chi connectivity index (χ1) is 15.1. The number of thiazole rings is 1. The van der Waals surface area contributed by atoms with Crippen molar-refractivity contribution in [3.8, 4) is 0 Å². The molecule has 2 aromatic rings. The van der Waals surface area contributed by atoms with Crippen molar-refractivity contribution in [2.45, 2.75) is 25.6 Å². The number of amides is 1. The lowest BCUT2D eigenvalue weighted by atomic mass is 10.1. The number of likely N-dealkylation sites (N-methyl/N-ethyl adjacent to an activating group) is 1. The summed E-state index contributed by atoms with van der Waals surface area (Å²) in [6.45, 7) is 5.35. The lowest BCUT2D eigenvalue weighted by Crippen LogP contribution is -2.47. The summed E-state index contributed by atoms with van der Waals surface area (Å²) in [5.74, 6) is -1.63. The van der Waals surface area contributed by atoms with Crippen LogP contribution >= 0.6 is 11.3 Å². The van der Waals surface area contributed by atoms with Crippen LogP contribution in [0.4, 0.5) is 19.0 Å². The molecule has 0 unspecified atom stereocenters. The van der Waals surface area contributed by atoms with E-state index in [2.05, 4.69) is 41.1 Å². The smallest absolute Gasteiger partial charge is 0.475 e. The molecule has 0 spiro atoms. The number of carboxylic acid groups (broad SMARTS) is 1. The first-order valence-electron chi connectivity index (χ1n) is 10.2. The molecule has 0 saturated carbocycles. The van der Waals surface area contributed by atoms with Crippen molar-refractivity contribution >= 4 is 29.0 Å². The van der Waals surface area contributed by atoms with E-state index in [1.807, 2.05) is 11.0 Å². The zero-order valence-electron chi connectivity index (χ0n) is 17.6. The van der Waals surface area contributed by atoms with Gasteiger partial charge in [-0.2, -0.15) is 13.2 Å². The van der Waals surface area contributed by atoms with Gasteiger partial charge in [-0.1, -0.05) is 30.3 Å². The second-order valence-electron chi connectivity index (χ2n) is 7.67. The molecule has 1 saturated heterocycles. The number of benzene rings is 1. The van der Waals surface area contributed by atoms with E-state index >= 15 is 0 Å². The van der Waals surface area contributed by atoms with E-state index in [0.717, 1.165) is 57.9 Å². The Balaban J connectivity index is 0.000000360. The number of nitrogens with zero attached hydrogens (tertiary/aromatic N) is 4. The maximum absolute atomic E-state index is 12.8. The van der Waals surface area contributed by atoms with Gasteiger partial charge in [0.1, 0.15) is 5.82 Å². The van der Waals surface area contributed by atoms with Crippen molar-refractivity contribution in [1.82, 2.24) is 14.8 Å². The molecule has 0 atom stereocenters. The highest BCUT2D eigenvalue weighted by molar-refractivity contribution is 7.14. The summed E-state index contributed by atoms with van der Waals surface area (Å²) in [5, 5.41) is 7.79. The molecule has 174 valence electrons. The lowest BCUT2D eigenvalue weighted by molar-refractivity contribution is -0.192. The highest BCUT2D eigenvalue weighted by atomic mass is 32.1. The average molecular weight is 471 g/mol. The summed E-state index contributed by atoms with van der Waals surface area (Å²) in [4.78, 5) is 34.3. The van der Waals surface area contributed by atoms with Crippen LogP contribution < -0.4 is 4.90 Å². The van der Waals surface area contributed by atoms with Gasteiger partial charge in [-0.3, -0.25) is 4.79 Å². The number of fused-ring (bicyclic) bond motifs is 1. The number of carbonyl (C=O) groups is 2. The van der Waals surface area contributed by atoms with Gasteiger partial charge < -0.3 is 19.8 Å². The van der Waals surface area contributed by atoms with Gasteiger partial charge in [-0.25, -0.2) is 9.78 Å². The number of carboxylic acids is 1. The van der Waals surface area contributed by atoms with Crippen LogP contribution in [0.5, 0.6) is 0 Å². The summed E-state index contributed by atoms with van der Waals surface area (Å²) in [5.41, 5.74) is 1.29. The van der Waals surface area contributed by atoms with Gasteiger partial charge >= 0.3 is 12.1 Å². The molecule has 3 heterocycles. The predicted molar refractivity (Wildman–Crippen MR) is 115 cm³/mol. The summed E-state index contributed by atoms with van der Waals surface area (Å²) in [7, 11) is 2.10. The Kier molecular flexibility index (Phi) is 7.73. The van der Waals surface area contributed by atoms with Crippen LogP contribution in [0.3, 0.4) is 0 Å². The molecule has 32 heavy (non-hydrogen) atoms. The van der Waals surface area contributed by atoms with Crippen LogP contribution in [0.25, 0.3) is 0 Å². The Hall–Kier alpha value is -2.66. The zero-order chi connectivity index (χ0) is 23.3. The Labute approximate surface area is 188 Å². The monoisotopic (exact) mass is 470 g/mol. The van der Waals surface area contributed by atoms with Crippen molar-refractivity contribution in [3.63, 3.8) is 0 Å². The molecule has 11 heteroatoms. The summed E-state index contributed by atoms with van der Waals surface area (Å²) < 4.78 is 31.7. The number of halogens is 3. The van der Waals surface area contributed by atoms with Gasteiger partial charge in [-0.15, -0.1) is 11.3 Å². The van der Waals surface area contributed by atoms with Gasteiger partial charge in [-0.05, 0) is 25.5 Å². The molecule has 1 aromatic heterocycles. The first kappa shape index (κ1) is 24.0. The highest BCUT2D eigenvalue weighted by Crippen LogP contribution is 2.33. The third kappa shape index (κ3) is 6.19. The Morgan fingerprint density at radius 1 is 1.09 bits per heavy atom. The quantitative estimate of drug-likeness (QED) is 0.743. The SMILES string of the molecule is CN1CCN(C(=O)c2nc3c(s2)CCCN3Cc2ccccc2)CC1.O=C(O)C(F)(F)F. The van der Waals surface area contributed by atoms with Crippen molar-refractivity contribution < 1.29 is 27.9 Å². The molecule has 2 aliphatic heterocycles. The number of hydrogen-bond donors (Lipinski definition) is 1. The Bertz CT molecular complexity index is 928. The Morgan fingerprint density at radius 2 is 1.72 bits per heavy atom. The minimum atomic E-state index is -5.08. The minimum Gasteiger partial charge on any atom is -0.475 e. The number of rotatable bonds is 3. The van der Waals surface area contributed by atoms with E-state index in [1.54, 1.807) is 11.3 Å². The van der Waals surface area contributed by atoms with Gasteiger partial charge in [0.25, 0.3) is 5.91 Å². The topological polar surface area (TPSA) is 77.0 Å². The fourth-order valence-electron chi connectivity index (χ4n) is 3.48. The van der Waals surface area contributed by atoms with Crippen LogP contribution in [-0.2, 0) is 17.8 Å². The van der Waals surface area contributed by atoms with Gasteiger partial charge in [0, 0.05) is 44.1 Å². The van der Waals surface area contributed by atoms with E-state index in [1.165, 1.54) is 10.4 Å². The molecular formula is C21H25F3N4O3S. The maximum Gasteiger partial charge on any atom is 0.490 e. The normalized spacial score (nSPS) is 16.8. The number of hydrogen-bond acceptors (Lipinski definition) is 6. The number of carbonyl (C=O) groups excluding carboxylic acids is 1. The van der Waals surface area contributed by atoms with Gasteiger partial charge in [0.2, 0.25) is 0 Å². The molecule has 0 bridgehead atoms. The number of aromatic nitrogens is 1. The summed E-state index contributed by atoms with van der Waals surface area (Å²) in [6.07, 6.45) is -2.92. The summed E-state index contributed by atoms with van der Waals surface area (Å²) in [6, 6.07) is 10.5. The third-order valence-corrected chi connectivity index (χ3v) is 6.33. The standard InChI is InChI=1S/C19H24N4OS.C2HF3O2/c1-21-10-12-22(13-11-21)19(24)18-20-17-16(25-18)8-5-9-23(17)14-15-6-3-2-4-7-15;3-2(4,5)1(6)7/h2-4,6-7H,5,8-14H2,1H3;(H,6,7). The van der Waals surface area contributed by atoms with Crippen LogP contribution in [-0.4, -0.2) is 77.7 Å². The van der Waals surface area contributed by atoms with E-state index in [4.69, 9.17) is 14.9 Å². The van der Waals surface area contributed by atoms with Crippen molar-refractivity contribution in [1.29, 1.82) is 0 Å². The fourth-order valence-corrected chi connectivity index (χ4v) is 4.58. The fraction of sp³-hybridized carbons (Fsp3) is 0.476. The van der Waals surface area contributed by atoms with Crippen molar-refractivity contribution in [3.05, 3.63) is 45.8 Å². The largest absolute Gasteiger partial charge is 0.490 e. The molecule has 7 nitrogen and oxygen atoms in total. The van der Waals surface area contributed by atoms with Crippen LogP contribution in [0.1, 0.15) is 26.7 Å². The first-order valence-corrected chi connectivity index (χ1v) is 11.0. The lowest BCUT2D eigenvalue weighted by Gasteiger charge is -2.31. The number of aliphatic carboxylic acids is 1. The van der Waals surface area contributed by atoms with Crippen molar-refractivity contribution in [2.75, 3.05) is 44.7 Å². The molecule has 1 fully saturated rings. The molecule has 1 N–H and O–H groups in total. The second kappa shape index (κ2) is 10.3. The number of anilines is 1. The molecule has 4 rings (SSSR count). The highest BCUT2D eigenvalue weighted by Gasteiger charge is 2.38. The predicted octanol–water partition coefficient (Wildman–Crippen LogP) is 3.12. The molecule has 0 radical (unpaired) electrons. The molecule has 0 aliphatic carbocycles. The van der Waals surface area contributed by atoms with Crippen molar-refractivity contribution in [2.24, 2.45) is 0 Å². The third-order valence-electron chi connectivity index (χ3n) is 5.24. The maximum atomic E-state index is 12.8. The number of piperazine rings is 1. The number of alkyl halides is 3. The minimum absolute atomic E-state index is 0.104. The summed E-state index contributed by atoms with van der Waals surface area (Å²) >= 11 is 1.59. The molecular weight excluding hydrogens is 445 g/mol. The zero-order valence-corrected chi connectivity index (χ0v) is 18.5. The van der Waals surface area contributed by atoms with Crippen LogP contribution in [0, 0.1) is 0 Å². The van der Waals surface area contributed by atoms with Crippen LogP contribution in [0.2, 0.25) is 0 Å².